The van der Waals surface area contributed by atoms with Crippen molar-refractivity contribution < 1.29 is 9.18 Å². The number of rotatable bonds is 5. The Labute approximate surface area is 194 Å². The topological polar surface area (TPSA) is 91.0 Å². The molecule has 8 heteroatoms. The number of benzene rings is 2. The molecule has 2 aromatic heterocycles. The van der Waals surface area contributed by atoms with Gasteiger partial charge in [-0.1, -0.05) is 30.3 Å². The standard InChI is InChI=1S/C26H20FN5O2/c27-19-7-5-17(6-8-19)16-31-23-4-2-1-3-21(23)24(22(13-28)26(31)34)32(20-14-30-15-20)25(33)18-9-11-29-12-10-18/h1-12,20,30H,14-16H2. The van der Waals surface area contributed by atoms with Crippen LogP contribution in [0.1, 0.15) is 21.5 Å². The van der Waals surface area contributed by atoms with Gasteiger partial charge in [0.25, 0.3) is 11.5 Å². The summed E-state index contributed by atoms with van der Waals surface area (Å²) < 4.78 is 14.9. The molecule has 0 atom stereocenters. The van der Waals surface area contributed by atoms with Gasteiger partial charge in [-0.15, -0.1) is 0 Å². The Kier molecular flexibility index (Phi) is 5.62. The number of para-hydroxylation sites is 1. The Morgan fingerprint density at radius 3 is 2.47 bits per heavy atom. The van der Waals surface area contributed by atoms with Crippen LogP contribution < -0.4 is 15.8 Å². The number of nitrogens with zero attached hydrogens (tertiary/aromatic N) is 4. The summed E-state index contributed by atoms with van der Waals surface area (Å²) in [5, 5.41) is 13.9. The van der Waals surface area contributed by atoms with Gasteiger partial charge >= 0.3 is 0 Å². The predicted octanol–water partition coefficient (Wildman–Crippen LogP) is 3.07. The summed E-state index contributed by atoms with van der Waals surface area (Å²) in [6.45, 7) is 1.27. The third-order valence-corrected chi connectivity index (χ3v) is 6.02. The number of anilines is 1. The van der Waals surface area contributed by atoms with Crippen LogP contribution in [0.25, 0.3) is 10.9 Å². The van der Waals surface area contributed by atoms with Gasteiger partial charge in [0.2, 0.25) is 0 Å². The third kappa shape index (κ3) is 3.72. The lowest BCUT2D eigenvalue weighted by atomic mass is 10.0. The lowest BCUT2D eigenvalue weighted by Gasteiger charge is -2.39. The van der Waals surface area contributed by atoms with Gasteiger partial charge in [-0.3, -0.25) is 14.6 Å². The zero-order chi connectivity index (χ0) is 23.7. The highest BCUT2D eigenvalue weighted by molar-refractivity contribution is 6.12. The van der Waals surface area contributed by atoms with E-state index in [0.29, 0.717) is 35.2 Å². The van der Waals surface area contributed by atoms with Crippen molar-refractivity contribution in [2.24, 2.45) is 0 Å². The molecule has 0 unspecified atom stereocenters. The average Bonchev–Trinajstić information content (AvgIpc) is 2.84. The van der Waals surface area contributed by atoms with Crippen molar-refractivity contribution in [1.29, 1.82) is 5.26 Å². The minimum Gasteiger partial charge on any atom is -0.313 e. The highest BCUT2D eigenvalue weighted by atomic mass is 19.1. The van der Waals surface area contributed by atoms with Gasteiger partial charge in [0, 0.05) is 36.4 Å². The first-order valence-corrected chi connectivity index (χ1v) is 10.8. The molecule has 4 aromatic rings. The molecule has 5 rings (SSSR count). The summed E-state index contributed by atoms with van der Waals surface area (Å²) in [6, 6.07) is 18.2. The molecular formula is C26H20FN5O2. The number of pyridine rings is 2. The van der Waals surface area contributed by atoms with Crippen molar-refractivity contribution in [3.05, 3.63) is 106 Å². The quantitative estimate of drug-likeness (QED) is 0.502. The van der Waals surface area contributed by atoms with Crippen LogP contribution >= 0.6 is 0 Å². The normalized spacial score (nSPS) is 13.3. The highest BCUT2D eigenvalue weighted by Crippen LogP contribution is 2.32. The van der Waals surface area contributed by atoms with Crippen LogP contribution in [0, 0.1) is 17.1 Å². The Morgan fingerprint density at radius 1 is 1.12 bits per heavy atom. The van der Waals surface area contributed by atoms with Crippen molar-refractivity contribution in [3.8, 4) is 6.07 Å². The van der Waals surface area contributed by atoms with Crippen LogP contribution in [-0.2, 0) is 6.54 Å². The van der Waals surface area contributed by atoms with Crippen molar-refractivity contribution >= 4 is 22.5 Å². The SMILES string of the molecule is N#Cc1c(N(C(=O)c2ccncc2)C2CNC2)c2ccccc2n(Cc2ccc(F)cc2)c1=O. The first-order valence-electron chi connectivity index (χ1n) is 10.8. The fraction of sp³-hybridized carbons (Fsp3) is 0.154. The van der Waals surface area contributed by atoms with Gasteiger partial charge in [-0.25, -0.2) is 4.39 Å². The van der Waals surface area contributed by atoms with E-state index >= 15 is 0 Å². The maximum Gasteiger partial charge on any atom is 0.271 e. The summed E-state index contributed by atoms with van der Waals surface area (Å²) in [5.74, 6) is -0.667. The summed E-state index contributed by atoms with van der Waals surface area (Å²) in [5.41, 5.74) is 1.44. The molecular weight excluding hydrogens is 433 g/mol. The molecule has 0 aliphatic carbocycles. The Bertz CT molecular complexity index is 1470. The maximum absolute atomic E-state index is 13.6. The van der Waals surface area contributed by atoms with Gasteiger partial charge in [0.1, 0.15) is 17.4 Å². The second-order valence-corrected chi connectivity index (χ2v) is 8.09. The first-order chi connectivity index (χ1) is 16.6. The van der Waals surface area contributed by atoms with Crippen LogP contribution in [0.3, 0.4) is 0 Å². The molecule has 0 radical (unpaired) electrons. The number of amides is 1. The molecule has 34 heavy (non-hydrogen) atoms. The van der Waals surface area contributed by atoms with E-state index in [0.717, 1.165) is 5.56 Å². The van der Waals surface area contributed by atoms with Gasteiger partial charge in [0.05, 0.1) is 23.8 Å². The van der Waals surface area contributed by atoms with E-state index in [2.05, 4.69) is 16.4 Å². The predicted molar refractivity (Wildman–Crippen MR) is 126 cm³/mol. The number of hydrogen-bond acceptors (Lipinski definition) is 5. The number of carbonyl (C=O) groups is 1. The fourth-order valence-electron chi connectivity index (χ4n) is 4.21. The third-order valence-electron chi connectivity index (χ3n) is 6.02. The number of nitriles is 1. The number of fused-ring (bicyclic) bond motifs is 1. The first kappa shape index (κ1) is 21.5. The van der Waals surface area contributed by atoms with Crippen molar-refractivity contribution in [2.75, 3.05) is 18.0 Å². The molecule has 1 aliphatic heterocycles. The van der Waals surface area contributed by atoms with Gasteiger partial charge < -0.3 is 14.8 Å². The largest absolute Gasteiger partial charge is 0.313 e. The van der Waals surface area contributed by atoms with E-state index in [1.165, 1.54) is 29.1 Å². The number of aromatic nitrogens is 2. The second kappa shape index (κ2) is 8.89. The maximum atomic E-state index is 13.6. The Balaban J connectivity index is 1.74. The summed E-state index contributed by atoms with van der Waals surface area (Å²) in [6.07, 6.45) is 3.07. The van der Waals surface area contributed by atoms with E-state index in [1.807, 2.05) is 12.1 Å². The van der Waals surface area contributed by atoms with E-state index in [1.54, 1.807) is 41.3 Å². The van der Waals surface area contributed by atoms with Crippen LogP contribution in [-0.4, -0.2) is 34.6 Å². The van der Waals surface area contributed by atoms with Crippen molar-refractivity contribution in [3.63, 3.8) is 0 Å². The molecule has 3 heterocycles. The Hall–Kier alpha value is -4.35. The van der Waals surface area contributed by atoms with Gasteiger partial charge in [-0.2, -0.15) is 5.26 Å². The molecule has 1 saturated heterocycles. The van der Waals surface area contributed by atoms with E-state index in [4.69, 9.17) is 0 Å². The lowest BCUT2D eigenvalue weighted by molar-refractivity contribution is 0.0968. The molecule has 2 aromatic carbocycles. The van der Waals surface area contributed by atoms with E-state index < -0.39 is 5.56 Å². The number of hydrogen-bond donors (Lipinski definition) is 1. The van der Waals surface area contributed by atoms with Crippen molar-refractivity contribution in [2.45, 2.75) is 12.6 Å². The van der Waals surface area contributed by atoms with Gasteiger partial charge in [0.15, 0.2) is 0 Å². The van der Waals surface area contributed by atoms with E-state index in [-0.39, 0.29) is 29.9 Å². The number of carbonyl (C=O) groups excluding carboxylic acids is 1. The summed E-state index contributed by atoms with van der Waals surface area (Å²) in [7, 11) is 0. The molecule has 7 nitrogen and oxygen atoms in total. The minimum absolute atomic E-state index is 0.102. The van der Waals surface area contributed by atoms with Crippen LogP contribution in [0.2, 0.25) is 0 Å². The molecule has 0 saturated carbocycles. The molecule has 1 aliphatic rings. The molecule has 1 fully saturated rings. The monoisotopic (exact) mass is 453 g/mol. The molecule has 0 spiro atoms. The Morgan fingerprint density at radius 2 is 1.82 bits per heavy atom. The second-order valence-electron chi connectivity index (χ2n) is 8.09. The van der Waals surface area contributed by atoms with Crippen LogP contribution in [0.4, 0.5) is 10.1 Å². The molecule has 1 amide bonds. The van der Waals surface area contributed by atoms with Crippen LogP contribution in [0.15, 0.2) is 77.9 Å². The van der Waals surface area contributed by atoms with E-state index in [9.17, 15) is 19.2 Å². The van der Waals surface area contributed by atoms with Gasteiger partial charge in [-0.05, 0) is 35.9 Å². The smallest absolute Gasteiger partial charge is 0.271 e. The zero-order valence-electron chi connectivity index (χ0n) is 18.1. The minimum atomic E-state index is -0.500. The number of halogens is 1. The highest BCUT2D eigenvalue weighted by Gasteiger charge is 2.34. The molecule has 1 N–H and O–H groups in total. The number of nitrogens with one attached hydrogen (secondary N) is 1. The van der Waals surface area contributed by atoms with Crippen molar-refractivity contribution in [1.82, 2.24) is 14.9 Å². The summed E-state index contributed by atoms with van der Waals surface area (Å²) >= 11 is 0. The van der Waals surface area contributed by atoms with Crippen LogP contribution in [0.5, 0.6) is 0 Å². The fourth-order valence-corrected chi connectivity index (χ4v) is 4.21. The summed E-state index contributed by atoms with van der Waals surface area (Å²) in [4.78, 5) is 32.8. The average molecular weight is 453 g/mol. The molecule has 0 bridgehead atoms. The zero-order valence-corrected chi connectivity index (χ0v) is 18.1. The molecule has 168 valence electrons. The lowest BCUT2D eigenvalue weighted by Crippen LogP contribution is -2.59.